The predicted molar refractivity (Wildman–Crippen MR) is 123 cm³/mol. The van der Waals surface area contributed by atoms with Crippen LogP contribution in [0.3, 0.4) is 0 Å². The molecule has 198 valence electrons. The second-order valence-electron chi connectivity index (χ2n) is 8.24. The average Bonchev–Trinajstić information content (AvgIpc) is 3.15. The highest BCUT2D eigenvalue weighted by Crippen LogP contribution is 2.52. The summed E-state index contributed by atoms with van der Waals surface area (Å²) >= 11 is 12.3. The van der Waals surface area contributed by atoms with Crippen molar-refractivity contribution in [3.63, 3.8) is 0 Å². The molecule has 0 N–H and O–H groups in total. The predicted octanol–water partition coefficient (Wildman–Crippen LogP) is 3.48. The van der Waals surface area contributed by atoms with Gasteiger partial charge in [-0.15, -0.1) is 23.2 Å². The van der Waals surface area contributed by atoms with Gasteiger partial charge in [0.25, 0.3) is 35.0 Å². The Kier molecular flexibility index (Phi) is 6.19. The molecule has 2 fully saturated rings. The molecule has 0 radical (unpaired) electrons. The van der Waals surface area contributed by atoms with Crippen LogP contribution in [0.25, 0.3) is 0 Å². The second kappa shape index (κ2) is 8.73. The number of non-ortho nitro benzene ring substituents is 2. The summed E-state index contributed by atoms with van der Waals surface area (Å²) in [5.41, 5.74) is -7.39. The number of aryl methyl sites for hydroxylation is 1. The van der Waals surface area contributed by atoms with E-state index in [-0.39, 0.29) is 22.2 Å². The molecular weight excluding hydrogens is 564 g/mol. The number of nitro benzene ring substituents is 2. The lowest BCUT2D eigenvalue weighted by molar-refractivity contribution is -0.385. The molecule has 0 aromatic heterocycles. The monoisotopic (exact) mass is 574 g/mol. The van der Waals surface area contributed by atoms with Gasteiger partial charge >= 0.3 is 6.18 Å². The number of carbonyl (C=O) groups excluding carboxylic acids is 4. The summed E-state index contributed by atoms with van der Waals surface area (Å²) in [4.78, 5) is 73.8. The molecule has 0 bridgehead atoms. The van der Waals surface area contributed by atoms with Crippen molar-refractivity contribution >= 4 is 69.6 Å². The van der Waals surface area contributed by atoms with Crippen molar-refractivity contribution in [1.29, 1.82) is 0 Å². The Morgan fingerprint density at radius 1 is 0.816 bits per heavy atom. The number of rotatable bonds is 4. The molecule has 0 saturated carbocycles. The maximum Gasteiger partial charge on any atom is 0.418 e. The Hall–Kier alpha value is -4.11. The van der Waals surface area contributed by atoms with E-state index in [2.05, 4.69) is 0 Å². The van der Waals surface area contributed by atoms with E-state index >= 15 is 0 Å². The number of hydrogen-bond donors (Lipinski definition) is 0. The maximum absolute atomic E-state index is 13.8. The number of halogens is 5. The molecule has 3 atom stereocenters. The normalized spacial score (nSPS) is 23.6. The van der Waals surface area contributed by atoms with Gasteiger partial charge in [0.15, 0.2) is 5.41 Å². The van der Waals surface area contributed by atoms with Gasteiger partial charge in [0.1, 0.15) is 10.8 Å². The standard InChI is InChI=1S/C21H11Cl2F3N4O8/c1-8-6-9(29(35)36)2-4-12(8)27-16(31)14(22)20(18(27)33)15(23)17(32)28(19(20)34)13-5-3-10(30(37)38)7-11(13)21(24,25)26/h2-7,14-15H,1H3/t14?,15-,20-/m0/s1. The van der Waals surface area contributed by atoms with Crippen LogP contribution in [-0.4, -0.2) is 44.2 Å². The smallest absolute Gasteiger partial charge is 0.273 e. The molecule has 2 saturated heterocycles. The molecule has 4 rings (SSSR count). The Morgan fingerprint density at radius 2 is 1.24 bits per heavy atom. The van der Waals surface area contributed by atoms with E-state index in [9.17, 15) is 52.6 Å². The molecule has 2 aliphatic heterocycles. The minimum absolute atomic E-state index is 0.0243. The molecule has 1 spiro atoms. The number of hydrogen-bond acceptors (Lipinski definition) is 8. The fourth-order valence-corrected chi connectivity index (χ4v) is 5.24. The van der Waals surface area contributed by atoms with Crippen LogP contribution in [-0.2, 0) is 25.4 Å². The van der Waals surface area contributed by atoms with Crippen LogP contribution in [0, 0.1) is 32.6 Å². The van der Waals surface area contributed by atoms with Crippen LogP contribution >= 0.6 is 23.2 Å². The number of carbonyl (C=O) groups is 4. The Bertz CT molecular complexity index is 1480. The third-order valence-corrected chi connectivity index (χ3v) is 7.22. The van der Waals surface area contributed by atoms with Crippen molar-refractivity contribution in [1.82, 2.24) is 0 Å². The molecule has 2 aromatic carbocycles. The average molecular weight is 575 g/mol. The summed E-state index contributed by atoms with van der Waals surface area (Å²) in [6.07, 6.45) is -5.29. The molecule has 12 nitrogen and oxygen atoms in total. The van der Waals surface area contributed by atoms with Gasteiger partial charge in [0, 0.05) is 24.3 Å². The van der Waals surface area contributed by atoms with E-state index in [4.69, 9.17) is 23.2 Å². The number of nitrogens with zero attached hydrogens (tertiary/aromatic N) is 4. The zero-order valence-corrected chi connectivity index (χ0v) is 20.1. The second-order valence-corrected chi connectivity index (χ2v) is 9.11. The first kappa shape index (κ1) is 26.9. The molecular formula is C21H11Cl2F3N4O8. The molecule has 2 aliphatic rings. The van der Waals surface area contributed by atoms with Crippen LogP contribution < -0.4 is 9.80 Å². The van der Waals surface area contributed by atoms with Crippen LogP contribution in [0.1, 0.15) is 11.1 Å². The van der Waals surface area contributed by atoms with Crippen molar-refractivity contribution in [3.8, 4) is 0 Å². The summed E-state index contributed by atoms with van der Waals surface area (Å²) in [5.74, 6) is -5.86. The molecule has 2 heterocycles. The SMILES string of the molecule is Cc1cc([N+](=O)[O-])ccc1N1C(=O)C(Cl)[C@]2(C1=O)C(=O)N(c1ccc([N+](=O)[O-])cc1C(F)(F)F)C(=O)[C@@H]2Cl. The Balaban J connectivity index is 1.87. The van der Waals surface area contributed by atoms with Gasteiger partial charge in [-0.1, -0.05) is 0 Å². The van der Waals surface area contributed by atoms with Gasteiger partial charge in [-0.3, -0.25) is 39.4 Å². The number of amides is 4. The first-order chi connectivity index (χ1) is 17.6. The third kappa shape index (κ3) is 3.60. The minimum Gasteiger partial charge on any atom is -0.273 e. The highest BCUT2D eigenvalue weighted by atomic mass is 35.5. The van der Waals surface area contributed by atoms with Crippen LogP contribution in [0.5, 0.6) is 0 Å². The molecule has 38 heavy (non-hydrogen) atoms. The fourth-order valence-electron chi connectivity index (χ4n) is 4.36. The summed E-state index contributed by atoms with van der Waals surface area (Å²) in [6, 6.07) is 4.18. The van der Waals surface area contributed by atoms with E-state index in [1.807, 2.05) is 0 Å². The van der Waals surface area contributed by atoms with Gasteiger partial charge in [0.05, 0.1) is 26.8 Å². The van der Waals surface area contributed by atoms with E-state index in [0.29, 0.717) is 17.0 Å². The van der Waals surface area contributed by atoms with Crippen LogP contribution in [0.15, 0.2) is 36.4 Å². The van der Waals surface area contributed by atoms with Crippen molar-refractivity contribution < 1.29 is 42.2 Å². The number of anilines is 2. The minimum atomic E-state index is -5.29. The van der Waals surface area contributed by atoms with E-state index < -0.39 is 78.4 Å². The van der Waals surface area contributed by atoms with Crippen molar-refractivity contribution in [2.24, 2.45) is 5.41 Å². The maximum atomic E-state index is 13.8. The van der Waals surface area contributed by atoms with Gasteiger partial charge in [-0.05, 0) is 24.6 Å². The quantitative estimate of drug-likeness (QED) is 0.176. The van der Waals surface area contributed by atoms with Crippen LogP contribution in [0.2, 0.25) is 0 Å². The van der Waals surface area contributed by atoms with Crippen LogP contribution in [0.4, 0.5) is 35.9 Å². The molecule has 17 heteroatoms. The lowest BCUT2D eigenvalue weighted by Gasteiger charge is -2.24. The fraction of sp³-hybridized carbons (Fsp3) is 0.238. The number of alkyl halides is 5. The zero-order chi connectivity index (χ0) is 28.5. The lowest BCUT2D eigenvalue weighted by Crippen LogP contribution is -2.49. The summed E-state index contributed by atoms with van der Waals surface area (Å²) < 4.78 is 41.4. The number of nitro groups is 2. The van der Waals surface area contributed by atoms with Gasteiger partial charge in [-0.25, -0.2) is 9.80 Å². The topological polar surface area (TPSA) is 161 Å². The van der Waals surface area contributed by atoms with E-state index in [1.54, 1.807) is 0 Å². The molecule has 4 amide bonds. The summed E-state index contributed by atoms with van der Waals surface area (Å²) in [6.45, 7) is 1.30. The first-order valence-corrected chi connectivity index (χ1v) is 11.1. The largest absolute Gasteiger partial charge is 0.418 e. The van der Waals surface area contributed by atoms with Gasteiger partial charge in [0.2, 0.25) is 0 Å². The summed E-state index contributed by atoms with van der Waals surface area (Å²) in [5, 5.41) is 17.6. The number of benzene rings is 2. The van der Waals surface area contributed by atoms with Crippen molar-refractivity contribution in [2.45, 2.75) is 23.9 Å². The van der Waals surface area contributed by atoms with Crippen molar-refractivity contribution in [3.05, 3.63) is 67.8 Å². The van der Waals surface area contributed by atoms with Gasteiger partial charge < -0.3 is 0 Å². The molecule has 1 unspecified atom stereocenters. The Morgan fingerprint density at radius 3 is 1.66 bits per heavy atom. The summed E-state index contributed by atoms with van der Waals surface area (Å²) in [7, 11) is 0. The highest BCUT2D eigenvalue weighted by Gasteiger charge is 2.75. The Labute approximate surface area is 218 Å². The van der Waals surface area contributed by atoms with Crippen molar-refractivity contribution in [2.75, 3.05) is 9.80 Å². The zero-order valence-electron chi connectivity index (χ0n) is 18.6. The van der Waals surface area contributed by atoms with Gasteiger partial charge in [-0.2, -0.15) is 13.2 Å². The highest BCUT2D eigenvalue weighted by molar-refractivity contribution is 6.55. The number of imide groups is 2. The van der Waals surface area contributed by atoms with E-state index in [1.165, 1.54) is 6.92 Å². The van der Waals surface area contributed by atoms with E-state index in [0.717, 1.165) is 18.2 Å². The first-order valence-electron chi connectivity index (χ1n) is 10.2. The third-order valence-electron chi connectivity index (χ3n) is 6.16. The lowest BCUT2D eigenvalue weighted by atomic mass is 9.83. The molecule has 0 aliphatic carbocycles. The molecule has 2 aromatic rings.